The average molecular weight is 295 g/mol. The van der Waals surface area contributed by atoms with Crippen LogP contribution in [0.4, 0.5) is 5.69 Å². The second-order valence-electron chi connectivity index (χ2n) is 6.50. The molecule has 0 amide bonds. The number of hydrogen-bond donors (Lipinski definition) is 1. The SMILES string of the molecule is c1ccc2c(c1)CC1(CCCCC1)C(=NCc1cnoc1)N2. The Morgan fingerprint density at radius 3 is 2.86 bits per heavy atom. The molecule has 0 saturated heterocycles. The summed E-state index contributed by atoms with van der Waals surface area (Å²) in [4.78, 5) is 4.91. The Morgan fingerprint density at radius 2 is 2.05 bits per heavy atom. The molecular weight excluding hydrogens is 274 g/mol. The molecule has 114 valence electrons. The molecule has 4 rings (SSSR count). The normalized spacial score (nSPS) is 21.5. The van der Waals surface area contributed by atoms with Crippen molar-refractivity contribution in [2.24, 2.45) is 10.4 Å². The van der Waals surface area contributed by atoms with E-state index in [1.165, 1.54) is 43.4 Å². The van der Waals surface area contributed by atoms with Gasteiger partial charge < -0.3 is 9.84 Å². The standard InChI is InChI=1S/C18H21N3O/c1-4-8-18(9-5-1)10-15-6-2-3-7-16(15)21-17(18)19-11-14-12-20-22-13-14/h2-3,6-7,12-13H,1,4-5,8-11H2,(H,19,21). The van der Waals surface area contributed by atoms with Crippen LogP contribution in [0.2, 0.25) is 0 Å². The quantitative estimate of drug-likeness (QED) is 0.903. The second-order valence-corrected chi connectivity index (χ2v) is 6.50. The zero-order valence-electron chi connectivity index (χ0n) is 12.7. The van der Waals surface area contributed by atoms with E-state index < -0.39 is 0 Å². The third kappa shape index (κ3) is 2.43. The Kier molecular flexibility index (Phi) is 3.45. The molecule has 2 aromatic rings. The van der Waals surface area contributed by atoms with Crippen molar-refractivity contribution >= 4 is 11.5 Å². The van der Waals surface area contributed by atoms with Crippen molar-refractivity contribution in [3.63, 3.8) is 0 Å². The minimum absolute atomic E-state index is 0.198. The van der Waals surface area contributed by atoms with Gasteiger partial charge in [0.15, 0.2) is 0 Å². The van der Waals surface area contributed by atoms with Crippen LogP contribution in [0.25, 0.3) is 0 Å². The van der Waals surface area contributed by atoms with Crippen molar-refractivity contribution in [3.05, 3.63) is 47.9 Å². The van der Waals surface area contributed by atoms with Gasteiger partial charge in [-0.25, -0.2) is 0 Å². The predicted molar refractivity (Wildman–Crippen MR) is 86.9 cm³/mol. The maximum Gasteiger partial charge on any atom is 0.128 e. The monoisotopic (exact) mass is 295 g/mol. The molecule has 1 aliphatic carbocycles. The fourth-order valence-electron chi connectivity index (χ4n) is 3.83. The molecule has 1 fully saturated rings. The van der Waals surface area contributed by atoms with Crippen molar-refractivity contribution in [1.82, 2.24) is 5.16 Å². The summed E-state index contributed by atoms with van der Waals surface area (Å²) in [5, 5.41) is 7.38. The molecule has 0 atom stereocenters. The molecule has 1 spiro atoms. The van der Waals surface area contributed by atoms with Crippen LogP contribution in [0.5, 0.6) is 0 Å². The molecule has 2 heterocycles. The minimum atomic E-state index is 0.198. The van der Waals surface area contributed by atoms with Gasteiger partial charge in [0, 0.05) is 16.7 Å². The fourth-order valence-corrected chi connectivity index (χ4v) is 3.83. The van der Waals surface area contributed by atoms with Crippen molar-refractivity contribution in [3.8, 4) is 0 Å². The zero-order valence-corrected chi connectivity index (χ0v) is 12.7. The number of para-hydroxylation sites is 1. The molecule has 0 bridgehead atoms. The minimum Gasteiger partial charge on any atom is -0.364 e. The third-order valence-corrected chi connectivity index (χ3v) is 5.02. The highest BCUT2D eigenvalue weighted by Gasteiger charge is 2.40. The van der Waals surface area contributed by atoms with Gasteiger partial charge in [0.1, 0.15) is 12.1 Å². The van der Waals surface area contributed by atoms with E-state index in [1.54, 1.807) is 12.5 Å². The summed E-state index contributed by atoms with van der Waals surface area (Å²) in [5.74, 6) is 1.16. The number of aliphatic imine (C=N–C) groups is 1. The Bertz CT molecular complexity index is 669. The number of amidine groups is 1. The molecule has 1 N–H and O–H groups in total. The van der Waals surface area contributed by atoms with Crippen LogP contribution in [0.1, 0.15) is 43.2 Å². The van der Waals surface area contributed by atoms with Crippen LogP contribution in [0, 0.1) is 5.41 Å². The predicted octanol–water partition coefficient (Wildman–Crippen LogP) is 4.19. The Morgan fingerprint density at radius 1 is 1.18 bits per heavy atom. The first kappa shape index (κ1) is 13.6. The fraction of sp³-hybridized carbons (Fsp3) is 0.444. The van der Waals surface area contributed by atoms with Crippen molar-refractivity contribution < 1.29 is 4.52 Å². The molecular formula is C18H21N3O. The molecule has 22 heavy (non-hydrogen) atoms. The molecule has 4 heteroatoms. The summed E-state index contributed by atoms with van der Waals surface area (Å²) in [6.07, 6.45) is 10.9. The van der Waals surface area contributed by atoms with E-state index >= 15 is 0 Å². The van der Waals surface area contributed by atoms with Crippen LogP contribution in [0.15, 0.2) is 46.2 Å². The van der Waals surface area contributed by atoms with Crippen molar-refractivity contribution in [2.75, 3.05) is 5.32 Å². The smallest absolute Gasteiger partial charge is 0.128 e. The summed E-state index contributed by atoms with van der Waals surface area (Å²) in [6.45, 7) is 0.635. The molecule has 1 aliphatic heterocycles. The van der Waals surface area contributed by atoms with Crippen molar-refractivity contribution in [1.29, 1.82) is 0 Å². The van der Waals surface area contributed by atoms with Gasteiger partial charge in [-0.05, 0) is 30.9 Å². The van der Waals surface area contributed by atoms with Gasteiger partial charge in [-0.15, -0.1) is 0 Å². The lowest BCUT2D eigenvalue weighted by molar-refractivity contribution is 0.278. The van der Waals surface area contributed by atoms with E-state index in [9.17, 15) is 0 Å². The second kappa shape index (κ2) is 5.59. The van der Waals surface area contributed by atoms with E-state index in [1.807, 2.05) is 0 Å². The van der Waals surface area contributed by atoms with Gasteiger partial charge in [0.2, 0.25) is 0 Å². The van der Waals surface area contributed by atoms with E-state index in [2.05, 4.69) is 34.7 Å². The Labute approximate surface area is 130 Å². The number of aromatic nitrogens is 1. The van der Waals surface area contributed by atoms with Crippen LogP contribution in [-0.2, 0) is 13.0 Å². The van der Waals surface area contributed by atoms with Gasteiger partial charge in [-0.2, -0.15) is 0 Å². The number of nitrogens with zero attached hydrogens (tertiary/aromatic N) is 2. The number of hydrogen-bond acceptors (Lipinski definition) is 3. The highest BCUT2D eigenvalue weighted by molar-refractivity contribution is 6.02. The average Bonchev–Trinajstić information content (AvgIpc) is 3.07. The Balaban J connectivity index is 1.68. The van der Waals surface area contributed by atoms with E-state index in [0.717, 1.165) is 17.8 Å². The first-order chi connectivity index (χ1) is 10.9. The first-order valence-electron chi connectivity index (χ1n) is 8.14. The van der Waals surface area contributed by atoms with Crippen LogP contribution >= 0.6 is 0 Å². The molecule has 0 unspecified atom stereocenters. The zero-order chi connectivity index (χ0) is 14.8. The molecule has 1 aromatic heterocycles. The summed E-state index contributed by atoms with van der Waals surface area (Å²) in [7, 11) is 0. The number of fused-ring (bicyclic) bond motifs is 1. The van der Waals surface area contributed by atoms with E-state index in [4.69, 9.17) is 9.52 Å². The van der Waals surface area contributed by atoms with E-state index in [-0.39, 0.29) is 5.41 Å². The lowest BCUT2D eigenvalue weighted by atomic mass is 9.67. The molecule has 1 aromatic carbocycles. The summed E-state index contributed by atoms with van der Waals surface area (Å²) in [5.41, 5.74) is 3.86. The molecule has 2 aliphatic rings. The molecule has 1 saturated carbocycles. The highest BCUT2D eigenvalue weighted by Crippen LogP contribution is 2.44. The van der Waals surface area contributed by atoms with Crippen LogP contribution < -0.4 is 5.32 Å². The maximum atomic E-state index is 4.91. The highest BCUT2D eigenvalue weighted by atomic mass is 16.5. The third-order valence-electron chi connectivity index (χ3n) is 5.02. The number of benzene rings is 1. The summed E-state index contributed by atoms with van der Waals surface area (Å²) in [6, 6.07) is 8.62. The number of anilines is 1. The van der Waals surface area contributed by atoms with Gasteiger partial charge in [-0.1, -0.05) is 42.6 Å². The summed E-state index contributed by atoms with van der Waals surface area (Å²) >= 11 is 0. The van der Waals surface area contributed by atoms with Gasteiger partial charge in [0.05, 0.1) is 12.7 Å². The first-order valence-corrected chi connectivity index (χ1v) is 8.14. The van der Waals surface area contributed by atoms with Crippen LogP contribution in [0.3, 0.4) is 0 Å². The lowest BCUT2D eigenvalue weighted by Crippen LogP contribution is -2.43. The van der Waals surface area contributed by atoms with Gasteiger partial charge in [0.25, 0.3) is 0 Å². The van der Waals surface area contributed by atoms with Crippen molar-refractivity contribution in [2.45, 2.75) is 45.1 Å². The number of rotatable bonds is 2. The molecule has 0 radical (unpaired) electrons. The molecule has 4 nitrogen and oxygen atoms in total. The number of nitrogens with one attached hydrogen (secondary N) is 1. The van der Waals surface area contributed by atoms with Gasteiger partial charge in [-0.3, -0.25) is 4.99 Å². The largest absolute Gasteiger partial charge is 0.364 e. The summed E-state index contributed by atoms with van der Waals surface area (Å²) < 4.78 is 4.91. The Hall–Kier alpha value is -2.10. The topological polar surface area (TPSA) is 50.4 Å². The maximum absolute atomic E-state index is 4.91. The van der Waals surface area contributed by atoms with Crippen LogP contribution in [-0.4, -0.2) is 11.0 Å². The lowest BCUT2D eigenvalue weighted by Gasteiger charge is -2.42. The van der Waals surface area contributed by atoms with E-state index in [0.29, 0.717) is 6.54 Å². The van der Waals surface area contributed by atoms with Gasteiger partial charge >= 0.3 is 0 Å².